The second kappa shape index (κ2) is 3.67. The molecular formula is C18H12B3N3. The molecule has 0 N–H and O–H groups in total. The quantitative estimate of drug-likeness (QED) is 0.635. The predicted octanol–water partition coefficient (Wildman–Crippen LogP) is 2.17. The number of hydrogen-bond donors (Lipinski definition) is 0. The van der Waals surface area contributed by atoms with E-state index in [4.69, 9.17) is 0 Å². The van der Waals surface area contributed by atoms with Gasteiger partial charge in [0.1, 0.15) is 0 Å². The first-order chi connectivity index (χ1) is 11.9. The van der Waals surface area contributed by atoms with Crippen molar-refractivity contribution in [1.29, 1.82) is 0 Å². The summed E-state index contributed by atoms with van der Waals surface area (Å²) in [7, 11) is 0. The van der Waals surface area contributed by atoms with Crippen molar-refractivity contribution in [3.8, 4) is 0 Å². The first-order valence-corrected chi connectivity index (χ1v) is 8.55. The van der Waals surface area contributed by atoms with E-state index in [1.54, 1.807) is 0 Å². The summed E-state index contributed by atoms with van der Waals surface area (Å²) in [5, 5.41) is 0. The Kier molecular flexibility index (Phi) is 1.79. The molecule has 0 saturated carbocycles. The van der Waals surface area contributed by atoms with Gasteiger partial charge in [0.15, 0.2) is 0 Å². The first kappa shape index (κ1) is 11.7. The maximum Gasteiger partial charge on any atom is 0.388 e. The second-order valence-corrected chi connectivity index (χ2v) is 7.12. The lowest BCUT2D eigenvalue weighted by Crippen LogP contribution is -2.79. The van der Waals surface area contributed by atoms with Crippen molar-refractivity contribution in [2.45, 2.75) is 0 Å². The molecule has 7 aliphatic heterocycles. The van der Waals surface area contributed by atoms with Crippen LogP contribution >= 0.6 is 0 Å². The van der Waals surface area contributed by atoms with E-state index in [1.165, 1.54) is 33.5 Å². The molecule has 0 aliphatic carbocycles. The fourth-order valence-corrected chi connectivity index (χ4v) is 5.07. The first-order valence-electron chi connectivity index (χ1n) is 8.55. The predicted molar refractivity (Wildman–Crippen MR) is 98.7 cm³/mol. The van der Waals surface area contributed by atoms with Crippen LogP contribution in [0.1, 0.15) is 0 Å². The molecule has 1 fully saturated rings. The van der Waals surface area contributed by atoms with Crippen molar-refractivity contribution in [3.05, 3.63) is 106 Å². The summed E-state index contributed by atoms with van der Waals surface area (Å²) < 4.78 is 7.76. The van der Waals surface area contributed by atoms with Crippen LogP contribution in [-0.2, 0) is 0 Å². The van der Waals surface area contributed by atoms with E-state index in [0.29, 0.717) is 0 Å². The van der Waals surface area contributed by atoms with Gasteiger partial charge < -0.3 is 14.2 Å². The molecule has 0 atom stereocenters. The van der Waals surface area contributed by atoms with Gasteiger partial charge in [0, 0.05) is 17.1 Å². The molecule has 7 aliphatic rings. The molecule has 0 aromatic rings. The van der Waals surface area contributed by atoms with Crippen LogP contribution in [0.3, 0.4) is 0 Å². The van der Waals surface area contributed by atoms with Crippen molar-refractivity contribution >= 4 is 20.9 Å². The highest BCUT2D eigenvalue weighted by molar-refractivity contribution is 6.95. The summed E-state index contributed by atoms with van der Waals surface area (Å²) in [6, 6.07) is 0. The molecule has 7 rings (SSSR count). The minimum atomic E-state index is 0.287. The lowest BCUT2D eigenvalue weighted by molar-refractivity contribution is 0.563. The molecule has 0 unspecified atom stereocenters. The van der Waals surface area contributed by atoms with E-state index < -0.39 is 0 Å². The second-order valence-electron chi connectivity index (χ2n) is 7.12. The van der Waals surface area contributed by atoms with Crippen molar-refractivity contribution in [1.82, 2.24) is 14.2 Å². The zero-order valence-electron chi connectivity index (χ0n) is 13.0. The van der Waals surface area contributed by atoms with Gasteiger partial charge in [0.25, 0.3) is 0 Å². The van der Waals surface area contributed by atoms with Crippen molar-refractivity contribution in [2.75, 3.05) is 0 Å². The summed E-state index contributed by atoms with van der Waals surface area (Å²) in [6.07, 6.45) is 27.3. The monoisotopic (exact) mass is 303 g/mol. The Balaban J connectivity index is 1.61. The molecule has 7 heterocycles. The Hall–Kier alpha value is -2.75. The van der Waals surface area contributed by atoms with E-state index in [9.17, 15) is 0 Å². The zero-order chi connectivity index (χ0) is 15.4. The highest BCUT2D eigenvalue weighted by atomic mass is 15.3. The molecule has 3 nitrogen and oxygen atoms in total. The van der Waals surface area contributed by atoms with Crippen molar-refractivity contribution in [3.63, 3.8) is 0 Å². The number of nitrogens with zero attached hydrogens (tertiary/aromatic N) is 3. The van der Waals surface area contributed by atoms with Crippen LogP contribution in [0.25, 0.3) is 0 Å². The molecule has 0 radical (unpaired) electrons. The number of rotatable bonds is 0. The minimum Gasteiger partial charge on any atom is -0.416 e. The summed E-state index contributed by atoms with van der Waals surface area (Å²) >= 11 is 0. The van der Waals surface area contributed by atoms with Gasteiger partial charge in [-0.1, -0.05) is 36.5 Å². The summed E-state index contributed by atoms with van der Waals surface area (Å²) in [6.45, 7) is 0.862. The molecule has 0 bridgehead atoms. The summed E-state index contributed by atoms with van der Waals surface area (Å²) in [5.41, 5.74) is 8.09. The molecule has 0 spiro atoms. The molecule has 108 valence electrons. The van der Waals surface area contributed by atoms with Gasteiger partial charge in [0.2, 0.25) is 0 Å². The topological polar surface area (TPSA) is 9.72 Å². The highest BCUT2D eigenvalue weighted by Crippen LogP contribution is 2.46. The summed E-state index contributed by atoms with van der Waals surface area (Å²) in [5.74, 6) is 0. The third-order valence-corrected chi connectivity index (χ3v) is 6.05. The van der Waals surface area contributed by atoms with Gasteiger partial charge in [0.05, 0.1) is 0 Å². The smallest absolute Gasteiger partial charge is 0.388 e. The Morgan fingerprint density at radius 3 is 1.08 bits per heavy atom. The molecular weight excluding hydrogens is 291 g/mol. The van der Waals surface area contributed by atoms with Gasteiger partial charge in [-0.05, 0) is 52.9 Å². The van der Waals surface area contributed by atoms with Gasteiger partial charge >= 0.3 is 20.9 Å². The lowest BCUT2D eigenvalue weighted by atomic mass is 9.33. The van der Waals surface area contributed by atoms with Gasteiger partial charge in [-0.15, -0.1) is 0 Å². The van der Waals surface area contributed by atoms with Crippen LogP contribution in [0, 0.1) is 0 Å². The minimum absolute atomic E-state index is 0.287. The van der Waals surface area contributed by atoms with Gasteiger partial charge in [-0.3, -0.25) is 0 Å². The Bertz CT molecular complexity index is 786. The Labute approximate surface area is 142 Å². The molecule has 0 aromatic heterocycles. The van der Waals surface area contributed by atoms with Crippen LogP contribution < -0.4 is 0 Å². The van der Waals surface area contributed by atoms with E-state index in [0.717, 1.165) is 0 Å². The maximum absolute atomic E-state index is 2.59. The fraction of sp³-hybridized carbons (Fsp3) is 0. The largest absolute Gasteiger partial charge is 0.416 e. The lowest BCUT2D eigenvalue weighted by Gasteiger charge is -2.62. The van der Waals surface area contributed by atoms with Crippen LogP contribution in [0.4, 0.5) is 0 Å². The maximum atomic E-state index is 2.59. The van der Waals surface area contributed by atoms with Crippen LogP contribution in [-0.4, -0.2) is 35.1 Å². The van der Waals surface area contributed by atoms with Crippen molar-refractivity contribution < 1.29 is 0 Å². The molecule has 1 saturated heterocycles. The van der Waals surface area contributed by atoms with Crippen molar-refractivity contribution in [2.24, 2.45) is 0 Å². The number of allylic oxidation sites excluding steroid dienone is 15. The number of hydrogen-bond acceptors (Lipinski definition) is 3. The van der Waals surface area contributed by atoms with Crippen LogP contribution in [0.2, 0.25) is 0 Å². The van der Waals surface area contributed by atoms with E-state index in [-0.39, 0.29) is 20.9 Å². The van der Waals surface area contributed by atoms with Crippen LogP contribution in [0.15, 0.2) is 106 Å². The molecule has 0 amide bonds. The van der Waals surface area contributed by atoms with Crippen LogP contribution in [0.5, 0.6) is 0 Å². The van der Waals surface area contributed by atoms with Gasteiger partial charge in [-0.25, -0.2) is 0 Å². The van der Waals surface area contributed by atoms with E-state index >= 15 is 0 Å². The standard InChI is InChI=1S/C18H12B3N3/c1-7-16-9-3-14-5-11-18-12-6-15-4-10-17-8-2-13(1)19-22(16)20(14)24(18)21(15)23(17)19/h1-12H. The van der Waals surface area contributed by atoms with Gasteiger partial charge in [-0.2, -0.15) is 0 Å². The zero-order valence-corrected chi connectivity index (χ0v) is 13.0. The third kappa shape index (κ3) is 1.13. The normalized spacial score (nSPS) is 26.0. The SMILES string of the molecule is C1=CC2=CC=C3C=CC4=CC=C5C=CC6=CC=C1B1N6B5N4B3N12. The average molecular weight is 303 g/mol. The van der Waals surface area contributed by atoms with E-state index in [2.05, 4.69) is 87.1 Å². The Morgan fingerprint density at radius 1 is 0.417 bits per heavy atom. The third-order valence-electron chi connectivity index (χ3n) is 6.05. The highest BCUT2D eigenvalue weighted by Gasteiger charge is 2.60. The summed E-state index contributed by atoms with van der Waals surface area (Å²) in [4.78, 5) is 0. The molecule has 24 heavy (non-hydrogen) atoms. The fourth-order valence-electron chi connectivity index (χ4n) is 5.07. The molecule has 6 heteroatoms. The average Bonchev–Trinajstić information content (AvgIpc) is 2.65. The van der Waals surface area contributed by atoms with E-state index in [1.807, 2.05) is 0 Å². The molecule has 0 aromatic carbocycles. The Morgan fingerprint density at radius 2 is 0.750 bits per heavy atom.